The van der Waals surface area contributed by atoms with Crippen LogP contribution >= 0.6 is 23.2 Å². The predicted molar refractivity (Wildman–Crippen MR) is 80.4 cm³/mol. The van der Waals surface area contributed by atoms with E-state index in [2.05, 4.69) is 23.8 Å². The summed E-state index contributed by atoms with van der Waals surface area (Å²) in [4.78, 5) is 8.74. The van der Waals surface area contributed by atoms with Crippen LogP contribution in [-0.4, -0.2) is 9.97 Å². The number of nitrogens with two attached hydrogens (primary N) is 1. The fourth-order valence-corrected chi connectivity index (χ4v) is 2.43. The van der Waals surface area contributed by atoms with Gasteiger partial charge < -0.3 is 5.73 Å². The van der Waals surface area contributed by atoms with Gasteiger partial charge in [-0.15, -0.1) is 0 Å². The third-order valence-electron chi connectivity index (χ3n) is 2.60. The minimum absolute atomic E-state index is 0.427. The SMILES string of the molecule is CC(C)Cc1cc(N)nc(-c2c(Cl)cccc2Cl)n1. The molecule has 0 unspecified atom stereocenters. The van der Waals surface area contributed by atoms with Gasteiger partial charge in [0, 0.05) is 11.8 Å². The van der Waals surface area contributed by atoms with Gasteiger partial charge in [-0.3, -0.25) is 0 Å². The van der Waals surface area contributed by atoms with Crippen molar-refractivity contribution in [1.82, 2.24) is 9.97 Å². The Morgan fingerprint density at radius 3 is 2.37 bits per heavy atom. The Hall–Kier alpha value is -1.32. The second kappa shape index (κ2) is 5.76. The van der Waals surface area contributed by atoms with Crippen molar-refractivity contribution < 1.29 is 0 Å². The molecule has 5 heteroatoms. The van der Waals surface area contributed by atoms with E-state index in [4.69, 9.17) is 28.9 Å². The van der Waals surface area contributed by atoms with E-state index in [9.17, 15) is 0 Å². The molecular formula is C14H15Cl2N3. The van der Waals surface area contributed by atoms with E-state index in [0.717, 1.165) is 12.1 Å². The normalized spacial score (nSPS) is 11.0. The lowest BCUT2D eigenvalue weighted by Gasteiger charge is -2.10. The molecule has 0 saturated heterocycles. The zero-order chi connectivity index (χ0) is 14.0. The van der Waals surface area contributed by atoms with Gasteiger partial charge in [-0.25, -0.2) is 9.97 Å². The van der Waals surface area contributed by atoms with E-state index in [-0.39, 0.29) is 0 Å². The fourth-order valence-electron chi connectivity index (χ4n) is 1.86. The molecule has 0 radical (unpaired) electrons. The number of benzene rings is 1. The van der Waals surface area contributed by atoms with Crippen LogP contribution in [0.4, 0.5) is 5.82 Å². The fraction of sp³-hybridized carbons (Fsp3) is 0.286. The van der Waals surface area contributed by atoms with Gasteiger partial charge in [0.1, 0.15) is 5.82 Å². The summed E-state index contributed by atoms with van der Waals surface area (Å²) < 4.78 is 0. The second-order valence-electron chi connectivity index (χ2n) is 4.80. The minimum atomic E-state index is 0.427. The molecule has 0 fully saturated rings. The van der Waals surface area contributed by atoms with Crippen LogP contribution < -0.4 is 5.73 Å². The first-order valence-electron chi connectivity index (χ1n) is 6.05. The summed E-state index contributed by atoms with van der Waals surface area (Å²) in [6, 6.07) is 7.10. The van der Waals surface area contributed by atoms with E-state index in [0.29, 0.717) is 33.2 Å². The molecule has 0 bridgehead atoms. The van der Waals surface area contributed by atoms with Crippen molar-refractivity contribution in [1.29, 1.82) is 0 Å². The lowest BCUT2D eigenvalue weighted by Crippen LogP contribution is -2.03. The Kier molecular flexibility index (Phi) is 4.27. The minimum Gasteiger partial charge on any atom is -0.384 e. The van der Waals surface area contributed by atoms with Crippen LogP contribution in [0.2, 0.25) is 10.0 Å². The molecule has 0 spiro atoms. The van der Waals surface area contributed by atoms with E-state index >= 15 is 0 Å². The molecule has 1 heterocycles. The van der Waals surface area contributed by atoms with E-state index in [1.54, 1.807) is 24.3 Å². The van der Waals surface area contributed by atoms with Crippen molar-refractivity contribution in [3.05, 3.63) is 40.0 Å². The number of aromatic nitrogens is 2. The van der Waals surface area contributed by atoms with Crippen molar-refractivity contribution in [2.24, 2.45) is 5.92 Å². The van der Waals surface area contributed by atoms with Crippen LogP contribution in [0, 0.1) is 5.92 Å². The number of rotatable bonds is 3. The standard InChI is InChI=1S/C14H15Cl2N3/c1-8(2)6-9-7-12(17)19-14(18-9)13-10(15)4-3-5-11(13)16/h3-5,7-8H,6H2,1-2H3,(H2,17,18,19). The zero-order valence-electron chi connectivity index (χ0n) is 10.8. The van der Waals surface area contributed by atoms with Crippen LogP contribution in [0.15, 0.2) is 24.3 Å². The Balaban J connectivity index is 2.53. The van der Waals surface area contributed by atoms with E-state index in [1.165, 1.54) is 0 Å². The Morgan fingerprint density at radius 2 is 1.79 bits per heavy atom. The highest BCUT2D eigenvalue weighted by Gasteiger charge is 2.13. The number of halogens is 2. The Labute approximate surface area is 122 Å². The van der Waals surface area contributed by atoms with Crippen molar-refractivity contribution >= 4 is 29.0 Å². The molecule has 2 N–H and O–H groups in total. The van der Waals surface area contributed by atoms with Gasteiger partial charge in [0.05, 0.1) is 15.6 Å². The quantitative estimate of drug-likeness (QED) is 0.922. The first-order chi connectivity index (χ1) is 8.97. The lowest BCUT2D eigenvalue weighted by atomic mass is 10.1. The van der Waals surface area contributed by atoms with Gasteiger partial charge in [-0.2, -0.15) is 0 Å². The summed E-state index contributed by atoms with van der Waals surface area (Å²) in [7, 11) is 0. The maximum absolute atomic E-state index is 6.17. The van der Waals surface area contributed by atoms with Gasteiger partial charge in [0.25, 0.3) is 0 Å². The monoisotopic (exact) mass is 295 g/mol. The molecule has 0 saturated carbocycles. The van der Waals surface area contributed by atoms with Crippen molar-refractivity contribution in [3.63, 3.8) is 0 Å². The summed E-state index contributed by atoms with van der Waals surface area (Å²) >= 11 is 12.3. The molecule has 0 aliphatic carbocycles. The molecule has 3 nitrogen and oxygen atoms in total. The zero-order valence-corrected chi connectivity index (χ0v) is 12.3. The van der Waals surface area contributed by atoms with Gasteiger partial charge >= 0.3 is 0 Å². The maximum Gasteiger partial charge on any atom is 0.164 e. The molecule has 1 aromatic carbocycles. The van der Waals surface area contributed by atoms with Crippen LogP contribution in [-0.2, 0) is 6.42 Å². The molecule has 0 aliphatic heterocycles. The van der Waals surface area contributed by atoms with E-state index < -0.39 is 0 Å². The smallest absolute Gasteiger partial charge is 0.164 e. The Morgan fingerprint density at radius 1 is 1.16 bits per heavy atom. The molecule has 0 aliphatic rings. The summed E-state index contributed by atoms with van der Waals surface area (Å²) in [5, 5.41) is 1.04. The van der Waals surface area contributed by atoms with Crippen molar-refractivity contribution in [2.45, 2.75) is 20.3 Å². The van der Waals surface area contributed by atoms with Gasteiger partial charge in [0.15, 0.2) is 5.82 Å². The molecule has 0 amide bonds. The van der Waals surface area contributed by atoms with Crippen molar-refractivity contribution in [2.75, 3.05) is 5.73 Å². The number of anilines is 1. The average Bonchev–Trinajstić information content (AvgIpc) is 2.26. The van der Waals surface area contributed by atoms with Crippen LogP contribution in [0.5, 0.6) is 0 Å². The third kappa shape index (κ3) is 3.37. The number of hydrogen-bond acceptors (Lipinski definition) is 3. The lowest BCUT2D eigenvalue weighted by molar-refractivity contribution is 0.635. The summed E-state index contributed by atoms with van der Waals surface area (Å²) in [5.74, 6) is 1.40. The topological polar surface area (TPSA) is 51.8 Å². The number of nitrogen functional groups attached to an aromatic ring is 1. The maximum atomic E-state index is 6.17. The predicted octanol–water partition coefficient (Wildman–Crippen LogP) is 4.23. The van der Waals surface area contributed by atoms with Gasteiger partial charge in [0.2, 0.25) is 0 Å². The number of nitrogens with zero attached hydrogens (tertiary/aromatic N) is 2. The van der Waals surface area contributed by atoms with E-state index in [1.807, 2.05) is 0 Å². The highest BCUT2D eigenvalue weighted by atomic mass is 35.5. The third-order valence-corrected chi connectivity index (χ3v) is 3.23. The summed E-state index contributed by atoms with van der Waals surface area (Å²) in [5.41, 5.74) is 7.36. The summed E-state index contributed by atoms with van der Waals surface area (Å²) in [6.07, 6.45) is 0.835. The summed E-state index contributed by atoms with van der Waals surface area (Å²) in [6.45, 7) is 4.25. The molecule has 100 valence electrons. The van der Waals surface area contributed by atoms with Crippen LogP contribution in [0.1, 0.15) is 19.5 Å². The molecule has 0 atom stereocenters. The van der Waals surface area contributed by atoms with Gasteiger partial charge in [-0.1, -0.05) is 43.1 Å². The largest absolute Gasteiger partial charge is 0.384 e. The van der Waals surface area contributed by atoms with Crippen molar-refractivity contribution in [3.8, 4) is 11.4 Å². The molecular weight excluding hydrogens is 281 g/mol. The van der Waals surface area contributed by atoms with Crippen LogP contribution in [0.25, 0.3) is 11.4 Å². The van der Waals surface area contributed by atoms with Crippen LogP contribution in [0.3, 0.4) is 0 Å². The first kappa shape index (κ1) is 14.1. The highest BCUT2D eigenvalue weighted by molar-refractivity contribution is 6.38. The molecule has 1 aromatic heterocycles. The average molecular weight is 296 g/mol. The Bertz CT molecular complexity index is 577. The first-order valence-corrected chi connectivity index (χ1v) is 6.80. The number of hydrogen-bond donors (Lipinski definition) is 1. The molecule has 19 heavy (non-hydrogen) atoms. The molecule has 2 rings (SSSR count). The molecule has 2 aromatic rings. The second-order valence-corrected chi connectivity index (χ2v) is 5.62. The highest BCUT2D eigenvalue weighted by Crippen LogP contribution is 2.32. The van der Waals surface area contributed by atoms with Gasteiger partial charge in [-0.05, 0) is 24.5 Å².